The van der Waals surface area contributed by atoms with Gasteiger partial charge in [0.2, 0.25) is 5.91 Å². The molecule has 1 unspecified atom stereocenters. The Hall–Kier alpha value is -2.82. The first-order chi connectivity index (χ1) is 10.5. The molecule has 5 heteroatoms. The van der Waals surface area contributed by atoms with Gasteiger partial charge in [0.05, 0.1) is 0 Å². The molecule has 0 spiro atoms. The van der Waals surface area contributed by atoms with Crippen LogP contribution in [0.4, 0.5) is 11.4 Å². The largest absolute Gasteiger partial charge is 0.481 e. The van der Waals surface area contributed by atoms with Gasteiger partial charge in [0.1, 0.15) is 5.75 Å². The molecule has 22 heavy (non-hydrogen) atoms. The number of benzene rings is 2. The van der Waals surface area contributed by atoms with Crippen molar-refractivity contribution in [2.45, 2.75) is 20.0 Å². The normalized spacial score (nSPS) is 11.4. The standard InChI is InChI=1S/C17H18N2O3/c1-12(22-16-6-4-3-5-7-16)17(21)19-15-10-8-14(9-11-15)18-13(2)20/h3-12H,1-2H3,(H,18,20)(H,19,21). The third-order valence-electron chi connectivity index (χ3n) is 2.90. The maximum Gasteiger partial charge on any atom is 0.265 e. The van der Waals surface area contributed by atoms with Crippen molar-refractivity contribution in [3.05, 3.63) is 54.6 Å². The van der Waals surface area contributed by atoms with Gasteiger partial charge < -0.3 is 15.4 Å². The average Bonchev–Trinajstić information content (AvgIpc) is 2.49. The van der Waals surface area contributed by atoms with Crippen molar-refractivity contribution in [2.24, 2.45) is 0 Å². The molecule has 2 amide bonds. The Bertz CT molecular complexity index is 639. The van der Waals surface area contributed by atoms with E-state index in [-0.39, 0.29) is 11.8 Å². The summed E-state index contributed by atoms with van der Waals surface area (Å²) in [5.74, 6) is 0.268. The highest BCUT2D eigenvalue weighted by Gasteiger charge is 2.14. The SMILES string of the molecule is CC(=O)Nc1ccc(NC(=O)C(C)Oc2ccccc2)cc1. The first-order valence-corrected chi connectivity index (χ1v) is 6.95. The van der Waals surface area contributed by atoms with Gasteiger partial charge >= 0.3 is 0 Å². The summed E-state index contributed by atoms with van der Waals surface area (Å²) >= 11 is 0. The van der Waals surface area contributed by atoms with Crippen LogP contribution in [0.25, 0.3) is 0 Å². The number of ether oxygens (including phenoxy) is 1. The van der Waals surface area contributed by atoms with Crippen LogP contribution < -0.4 is 15.4 Å². The Morgan fingerprint density at radius 3 is 2.00 bits per heavy atom. The molecule has 0 heterocycles. The van der Waals surface area contributed by atoms with Gasteiger partial charge in [-0.05, 0) is 43.3 Å². The van der Waals surface area contributed by atoms with Gasteiger partial charge in [-0.25, -0.2) is 0 Å². The molecule has 2 aromatic carbocycles. The van der Waals surface area contributed by atoms with Crippen LogP contribution in [0.2, 0.25) is 0 Å². The molecule has 0 bridgehead atoms. The minimum Gasteiger partial charge on any atom is -0.481 e. The average molecular weight is 298 g/mol. The summed E-state index contributed by atoms with van der Waals surface area (Å²) in [6, 6.07) is 16.1. The molecule has 0 aliphatic heterocycles. The van der Waals surface area contributed by atoms with Crippen molar-refractivity contribution in [3.8, 4) is 5.75 Å². The Morgan fingerprint density at radius 1 is 0.909 bits per heavy atom. The number of carbonyl (C=O) groups excluding carboxylic acids is 2. The molecule has 0 radical (unpaired) electrons. The highest BCUT2D eigenvalue weighted by atomic mass is 16.5. The maximum atomic E-state index is 12.1. The fraction of sp³-hybridized carbons (Fsp3) is 0.176. The van der Waals surface area contributed by atoms with E-state index in [1.165, 1.54) is 6.92 Å². The number of hydrogen-bond donors (Lipinski definition) is 2. The smallest absolute Gasteiger partial charge is 0.265 e. The summed E-state index contributed by atoms with van der Waals surface area (Å²) in [5.41, 5.74) is 1.32. The molecule has 0 aromatic heterocycles. The third-order valence-corrected chi connectivity index (χ3v) is 2.90. The number of para-hydroxylation sites is 1. The molecule has 0 aliphatic rings. The summed E-state index contributed by atoms with van der Waals surface area (Å²) in [5, 5.41) is 5.43. The molecule has 5 nitrogen and oxygen atoms in total. The number of hydrogen-bond acceptors (Lipinski definition) is 3. The lowest BCUT2D eigenvalue weighted by molar-refractivity contribution is -0.122. The van der Waals surface area contributed by atoms with Crippen molar-refractivity contribution in [3.63, 3.8) is 0 Å². The molecular formula is C17H18N2O3. The first kappa shape index (κ1) is 15.6. The van der Waals surface area contributed by atoms with E-state index in [0.29, 0.717) is 17.1 Å². The zero-order valence-corrected chi connectivity index (χ0v) is 12.5. The first-order valence-electron chi connectivity index (χ1n) is 6.95. The zero-order chi connectivity index (χ0) is 15.9. The van der Waals surface area contributed by atoms with Crippen LogP contribution in [-0.4, -0.2) is 17.9 Å². The van der Waals surface area contributed by atoms with Crippen molar-refractivity contribution in [2.75, 3.05) is 10.6 Å². The van der Waals surface area contributed by atoms with E-state index in [9.17, 15) is 9.59 Å². The van der Waals surface area contributed by atoms with Crippen molar-refractivity contribution < 1.29 is 14.3 Å². The second-order valence-electron chi connectivity index (χ2n) is 4.82. The van der Waals surface area contributed by atoms with E-state index < -0.39 is 6.10 Å². The summed E-state index contributed by atoms with van der Waals surface area (Å²) in [7, 11) is 0. The molecule has 0 aliphatic carbocycles. The van der Waals surface area contributed by atoms with Crippen LogP contribution in [0.5, 0.6) is 5.75 Å². The molecule has 0 saturated carbocycles. The van der Waals surface area contributed by atoms with Gasteiger partial charge in [-0.15, -0.1) is 0 Å². The van der Waals surface area contributed by atoms with E-state index in [1.54, 1.807) is 43.3 Å². The fourth-order valence-corrected chi connectivity index (χ4v) is 1.84. The number of amides is 2. The van der Waals surface area contributed by atoms with E-state index >= 15 is 0 Å². The molecular weight excluding hydrogens is 280 g/mol. The predicted octanol–water partition coefficient (Wildman–Crippen LogP) is 3.05. The van der Waals surface area contributed by atoms with Crippen LogP contribution in [0.3, 0.4) is 0 Å². The zero-order valence-electron chi connectivity index (χ0n) is 12.5. The van der Waals surface area contributed by atoms with Gasteiger partial charge in [0.15, 0.2) is 6.10 Å². The van der Waals surface area contributed by atoms with Crippen molar-refractivity contribution in [1.82, 2.24) is 0 Å². The monoisotopic (exact) mass is 298 g/mol. The minimum absolute atomic E-state index is 0.137. The molecule has 2 rings (SSSR count). The van der Waals surface area contributed by atoms with E-state index in [4.69, 9.17) is 4.74 Å². The highest BCUT2D eigenvalue weighted by molar-refractivity contribution is 5.94. The topological polar surface area (TPSA) is 67.4 Å². The van der Waals surface area contributed by atoms with Gasteiger partial charge in [0, 0.05) is 18.3 Å². The number of carbonyl (C=O) groups is 2. The van der Waals surface area contributed by atoms with Gasteiger partial charge in [-0.2, -0.15) is 0 Å². The van der Waals surface area contributed by atoms with E-state index in [2.05, 4.69) is 10.6 Å². The lowest BCUT2D eigenvalue weighted by atomic mass is 10.2. The third kappa shape index (κ3) is 4.63. The van der Waals surface area contributed by atoms with Crippen molar-refractivity contribution in [1.29, 1.82) is 0 Å². The fourth-order valence-electron chi connectivity index (χ4n) is 1.84. The summed E-state index contributed by atoms with van der Waals surface area (Å²) < 4.78 is 5.56. The van der Waals surface area contributed by atoms with E-state index in [0.717, 1.165) is 0 Å². The van der Waals surface area contributed by atoms with Crippen LogP contribution in [0, 0.1) is 0 Å². The highest BCUT2D eigenvalue weighted by Crippen LogP contribution is 2.15. The molecule has 0 saturated heterocycles. The lowest BCUT2D eigenvalue weighted by Gasteiger charge is -2.14. The number of rotatable bonds is 5. The summed E-state index contributed by atoms with van der Waals surface area (Å²) in [4.78, 5) is 23.0. The quantitative estimate of drug-likeness (QED) is 0.891. The van der Waals surface area contributed by atoms with Gasteiger partial charge in [0.25, 0.3) is 5.91 Å². The Kier molecular flexibility index (Phi) is 5.14. The maximum absolute atomic E-state index is 12.1. The van der Waals surface area contributed by atoms with Gasteiger partial charge in [-0.1, -0.05) is 18.2 Å². The van der Waals surface area contributed by atoms with Crippen LogP contribution >= 0.6 is 0 Å². The van der Waals surface area contributed by atoms with Crippen LogP contribution in [-0.2, 0) is 9.59 Å². The minimum atomic E-state index is -0.613. The predicted molar refractivity (Wildman–Crippen MR) is 85.9 cm³/mol. The second-order valence-corrected chi connectivity index (χ2v) is 4.82. The number of nitrogens with one attached hydrogen (secondary N) is 2. The summed E-state index contributed by atoms with van der Waals surface area (Å²) in [6.07, 6.45) is -0.613. The number of anilines is 2. The van der Waals surface area contributed by atoms with Crippen molar-refractivity contribution >= 4 is 23.2 Å². The molecule has 2 aromatic rings. The molecule has 0 fully saturated rings. The van der Waals surface area contributed by atoms with E-state index in [1.807, 2.05) is 18.2 Å². The molecule has 2 N–H and O–H groups in total. The lowest BCUT2D eigenvalue weighted by Crippen LogP contribution is -2.30. The Labute approximate surface area is 129 Å². The molecule has 114 valence electrons. The second kappa shape index (κ2) is 7.26. The Balaban J connectivity index is 1.92. The summed E-state index contributed by atoms with van der Waals surface area (Å²) in [6.45, 7) is 3.13. The Morgan fingerprint density at radius 2 is 1.45 bits per heavy atom. The van der Waals surface area contributed by atoms with Crippen LogP contribution in [0.15, 0.2) is 54.6 Å². The van der Waals surface area contributed by atoms with Crippen LogP contribution in [0.1, 0.15) is 13.8 Å². The van der Waals surface area contributed by atoms with Gasteiger partial charge in [-0.3, -0.25) is 9.59 Å². The molecule has 1 atom stereocenters.